The van der Waals surface area contributed by atoms with Gasteiger partial charge in [-0.1, -0.05) is 6.08 Å². The number of hydrogen-bond acceptors (Lipinski definition) is 2. The molecule has 2 aliphatic rings. The Morgan fingerprint density at radius 3 is 3.40 bits per heavy atom. The molecule has 0 aromatic heterocycles. The van der Waals surface area contributed by atoms with E-state index in [9.17, 15) is 0 Å². The highest BCUT2D eigenvalue weighted by Crippen LogP contribution is 2.18. The van der Waals surface area contributed by atoms with Crippen LogP contribution in [0.2, 0.25) is 0 Å². The SMILES string of the molecule is C1=CC2OCCC=C2CO1. The molecule has 1 unspecified atom stereocenters. The highest BCUT2D eigenvalue weighted by atomic mass is 16.5. The second kappa shape index (κ2) is 2.46. The van der Waals surface area contributed by atoms with Gasteiger partial charge in [0.05, 0.1) is 12.9 Å². The van der Waals surface area contributed by atoms with Gasteiger partial charge in [0, 0.05) is 0 Å². The summed E-state index contributed by atoms with van der Waals surface area (Å²) in [6, 6.07) is 0. The van der Waals surface area contributed by atoms with Crippen molar-refractivity contribution in [2.75, 3.05) is 13.2 Å². The molecule has 0 radical (unpaired) electrons. The first-order chi connectivity index (χ1) is 4.97. The summed E-state index contributed by atoms with van der Waals surface area (Å²) in [6.07, 6.45) is 7.12. The molecule has 0 spiro atoms. The molecule has 0 amide bonds. The van der Waals surface area contributed by atoms with Gasteiger partial charge in [-0.2, -0.15) is 0 Å². The predicted octanol–water partition coefficient (Wildman–Crippen LogP) is 1.25. The van der Waals surface area contributed by atoms with Crippen LogP contribution in [0.4, 0.5) is 0 Å². The molecule has 0 bridgehead atoms. The molecule has 1 atom stereocenters. The van der Waals surface area contributed by atoms with Crippen molar-refractivity contribution in [3.63, 3.8) is 0 Å². The van der Waals surface area contributed by atoms with Gasteiger partial charge >= 0.3 is 0 Å². The van der Waals surface area contributed by atoms with Crippen molar-refractivity contribution in [1.29, 1.82) is 0 Å². The van der Waals surface area contributed by atoms with Crippen LogP contribution in [0.15, 0.2) is 24.0 Å². The van der Waals surface area contributed by atoms with Crippen LogP contribution in [0.1, 0.15) is 6.42 Å². The molecule has 0 aromatic rings. The molecule has 2 heteroatoms. The van der Waals surface area contributed by atoms with E-state index in [1.165, 1.54) is 5.57 Å². The summed E-state index contributed by atoms with van der Waals surface area (Å²) in [5.74, 6) is 0. The van der Waals surface area contributed by atoms with Crippen LogP contribution in [0.5, 0.6) is 0 Å². The number of ether oxygens (including phenoxy) is 2. The summed E-state index contributed by atoms with van der Waals surface area (Å²) in [6.45, 7) is 1.56. The van der Waals surface area contributed by atoms with Crippen LogP contribution in [0, 0.1) is 0 Å². The third kappa shape index (κ3) is 0.948. The molecule has 2 nitrogen and oxygen atoms in total. The summed E-state index contributed by atoms with van der Waals surface area (Å²) in [4.78, 5) is 0. The van der Waals surface area contributed by atoms with Crippen molar-refractivity contribution in [2.45, 2.75) is 12.5 Å². The highest BCUT2D eigenvalue weighted by Gasteiger charge is 2.17. The zero-order chi connectivity index (χ0) is 6.81. The van der Waals surface area contributed by atoms with Crippen molar-refractivity contribution in [3.8, 4) is 0 Å². The zero-order valence-corrected chi connectivity index (χ0v) is 5.75. The van der Waals surface area contributed by atoms with Crippen LogP contribution in [0.25, 0.3) is 0 Å². The molecule has 2 rings (SSSR count). The molecule has 0 saturated carbocycles. The first-order valence-corrected chi connectivity index (χ1v) is 3.55. The molecule has 54 valence electrons. The standard InChI is InChI=1S/C8H10O2/c1-2-7-6-9-5-3-8(7)10-4-1/h2-3,5,8H,1,4,6H2. The third-order valence-electron chi connectivity index (χ3n) is 1.79. The lowest BCUT2D eigenvalue weighted by Crippen LogP contribution is -2.23. The van der Waals surface area contributed by atoms with E-state index in [2.05, 4.69) is 6.08 Å². The summed E-state index contributed by atoms with van der Waals surface area (Å²) < 4.78 is 10.6. The summed E-state index contributed by atoms with van der Waals surface area (Å²) in [5.41, 5.74) is 1.27. The Morgan fingerprint density at radius 2 is 2.50 bits per heavy atom. The highest BCUT2D eigenvalue weighted by molar-refractivity contribution is 5.20. The second-order valence-electron chi connectivity index (χ2n) is 2.50. The quantitative estimate of drug-likeness (QED) is 0.469. The Kier molecular flexibility index (Phi) is 1.47. The Hall–Kier alpha value is -0.760. The maximum atomic E-state index is 5.45. The molecule has 10 heavy (non-hydrogen) atoms. The van der Waals surface area contributed by atoms with E-state index in [4.69, 9.17) is 9.47 Å². The van der Waals surface area contributed by atoms with Crippen LogP contribution >= 0.6 is 0 Å². The predicted molar refractivity (Wildman–Crippen MR) is 37.5 cm³/mol. The van der Waals surface area contributed by atoms with Crippen LogP contribution in [0.3, 0.4) is 0 Å². The van der Waals surface area contributed by atoms with Gasteiger partial charge in [0.25, 0.3) is 0 Å². The Labute approximate surface area is 60.1 Å². The van der Waals surface area contributed by atoms with Crippen LogP contribution in [-0.2, 0) is 9.47 Å². The normalized spacial score (nSPS) is 30.4. The second-order valence-corrected chi connectivity index (χ2v) is 2.50. The van der Waals surface area contributed by atoms with Gasteiger partial charge in [0.2, 0.25) is 0 Å². The van der Waals surface area contributed by atoms with Crippen molar-refractivity contribution in [1.82, 2.24) is 0 Å². The Balaban J connectivity index is 2.20. The summed E-state index contributed by atoms with van der Waals surface area (Å²) in [5, 5.41) is 0. The molecule has 0 N–H and O–H groups in total. The maximum Gasteiger partial charge on any atom is 0.111 e. The van der Waals surface area contributed by atoms with Crippen molar-refractivity contribution in [2.24, 2.45) is 0 Å². The Bertz CT molecular complexity index is 182. The third-order valence-corrected chi connectivity index (χ3v) is 1.79. The lowest BCUT2D eigenvalue weighted by atomic mass is 10.1. The smallest absolute Gasteiger partial charge is 0.111 e. The largest absolute Gasteiger partial charge is 0.497 e. The number of rotatable bonds is 0. The van der Waals surface area contributed by atoms with E-state index in [1.807, 2.05) is 6.08 Å². The minimum absolute atomic E-state index is 0.211. The fourth-order valence-electron chi connectivity index (χ4n) is 1.25. The van der Waals surface area contributed by atoms with Gasteiger partial charge in [-0.3, -0.25) is 0 Å². The molecule has 0 fully saturated rings. The van der Waals surface area contributed by atoms with E-state index >= 15 is 0 Å². The first kappa shape index (κ1) is 5.98. The molecule has 2 aliphatic heterocycles. The first-order valence-electron chi connectivity index (χ1n) is 3.55. The Morgan fingerprint density at radius 1 is 1.50 bits per heavy atom. The van der Waals surface area contributed by atoms with Gasteiger partial charge in [-0.25, -0.2) is 0 Å². The van der Waals surface area contributed by atoms with Crippen molar-refractivity contribution in [3.05, 3.63) is 24.0 Å². The van der Waals surface area contributed by atoms with Gasteiger partial charge in [-0.15, -0.1) is 0 Å². The molecular weight excluding hydrogens is 128 g/mol. The van der Waals surface area contributed by atoms with Crippen LogP contribution < -0.4 is 0 Å². The molecule has 0 saturated heterocycles. The van der Waals surface area contributed by atoms with Gasteiger partial charge < -0.3 is 9.47 Å². The van der Waals surface area contributed by atoms with E-state index < -0.39 is 0 Å². The summed E-state index contributed by atoms with van der Waals surface area (Å²) >= 11 is 0. The van der Waals surface area contributed by atoms with E-state index in [0.717, 1.165) is 13.0 Å². The van der Waals surface area contributed by atoms with Gasteiger partial charge in [-0.05, 0) is 18.1 Å². The number of hydrogen-bond donors (Lipinski definition) is 0. The minimum atomic E-state index is 0.211. The molecular formula is C8H10O2. The average molecular weight is 138 g/mol. The topological polar surface area (TPSA) is 18.5 Å². The van der Waals surface area contributed by atoms with Crippen molar-refractivity contribution < 1.29 is 9.47 Å². The minimum Gasteiger partial charge on any atom is -0.497 e. The van der Waals surface area contributed by atoms with E-state index in [0.29, 0.717) is 6.61 Å². The lowest BCUT2D eigenvalue weighted by Gasteiger charge is -2.24. The molecule has 0 aromatic carbocycles. The monoisotopic (exact) mass is 138 g/mol. The fourth-order valence-corrected chi connectivity index (χ4v) is 1.25. The van der Waals surface area contributed by atoms with E-state index in [-0.39, 0.29) is 6.10 Å². The zero-order valence-electron chi connectivity index (χ0n) is 5.75. The van der Waals surface area contributed by atoms with Gasteiger partial charge in [0.15, 0.2) is 0 Å². The van der Waals surface area contributed by atoms with Gasteiger partial charge in [0.1, 0.15) is 12.7 Å². The van der Waals surface area contributed by atoms with Crippen molar-refractivity contribution >= 4 is 0 Å². The average Bonchev–Trinajstić information content (AvgIpc) is 2.05. The van der Waals surface area contributed by atoms with E-state index in [1.54, 1.807) is 6.26 Å². The summed E-state index contributed by atoms with van der Waals surface area (Å²) in [7, 11) is 0. The molecule has 2 heterocycles. The maximum absolute atomic E-state index is 5.45. The number of fused-ring (bicyclic) bond motifs is 1. The molecule has 0 aliphatic carbocycles. The fraction of sp³-hybridized carbons (Fsp3) is 0.500. The lowest BCUT2D eigenvalue weighted by molar-refractivity contribution is 0.0780. The van der Waals surface area contributed by atoms with Crippen LogP contribution in [-0.4, -0.2) is 19.3 Å².